The van der Waals surface area contributed by atoms with Gasteiger partial charge in [-0.25, -0.2) is 4.79 Å². The van der Waals surface area contributed by atoms with Crippen LogP contribution >= 0.6 is 0 Å². The van der Waals surface area contributed by atoms with Crippen LogP contribution in [0.3, 0.4) is 0 Å². The van der Waals surface area contributed by atoms with Gasteiger partial charge in [0, 0.05) is 0 Å². The van der Waals surface area contributed by atoms with Crippen molar-refractivity contribution in [2.45, 2.75) is 52.2 Å². The summed E-state index contributed by atoms with van der Waals surface area (Å²) in [5.74, 6) is 0.0496. The molecular weight excluding hydrogens is 292 g/mol. The molecule has 0 spiro atoms. The quantitative estimate of drug-likeness (QED) is 0.286. The Kier molecular flexibility index (Phi) is 7.95. The zero-order valence-corrected chi connectivity index (χ0v) is 15.2. The first-order valence-corrected chi connectivity index (χ1v) is 10.7. The van der Waals surface area contributed by atoms with Crippen LogP contribution in [0.2, 0.25) is 18.1 Å². The molecule has 0 fully saturated rings. The molecule has 0 radical (unpaired) electrons. The minimum atomic E-state index is -1.88. The highest BCUT2D eigenvalue weighted by molar-refractivity contribution is 6.74. The number of carbonyl (C=O) groups excluding carboxylic acids is 1. The van der Waals surface area contributed by atoms with E-state index in [4.69, 9.17) is 9.16 Å². The number of allylic oxidation sites excluding steroid dienone is 1. The van der Waals surface area contributed by atoms with Gasteiger partial charge in [0.05, 0.1) is 6.61 Å². The largest absolute Gasteiger partial charge is 0.539 e. The number of ether oxygens (including phenoxy) is 1. The molecule has 4 heteroatoms. The van der Waals surface area contributed by atoms with Crippen molar-refractivity contribution in [2.75, 3.05) is 6.61 Å². The van der Waals surface area contributed by atoms with Gasteiger partial charge in [-0.3, -0.25) is 0 Å². The predicted molar refractivity (Wildman–Crippen MR) is 93.1 cm³/mol. The summed E-state index contributed by atoms with van der Waals surface area (Å²) in [6.07, 6.45) is 2.55. The van der Waals surface area contributed by atoms with E-state index < -0.39 is 8.32 Å². The van der Waals surface area contributed by atoms with Crippen molar-refractivity contribution in [3.8, 4) is 0 Å². The SMILES string of the molecule is CCOC(=O)/C(=C/Cc1ccccc1)O[Si](CC)(CC)CC. The number of carbonyl (C=O) groups is 1. The molecule has 122 valence electrons. The molecule has 1 rings (SSSR count). The molecule has 0 aromatic heterocycles. The second-order valence-electron chi connectivity index (χ2n) is 5.32. The van der Waals surface area contributed by atoms with Gasteiger partial charge in [0.25, 0.3) is 8.32 Å². The molecule has 3 nitrogen and oxygen atoms in total. The maximum atomic E-state index is 12.2. The molecule has 0 bridgehead atoms. The van der Waals surface area contributed by atoms with Gasteiger partial charge in [0.2, 0.25) is 0 Å². The fraction of sp³-hybridized carbons (Fsp3) is 0.500. The van der Waals surface area contributed by atoms with Crippen LogP contribution in [-0.2, 0) is 20.4 Å². The molecule has 0 amide bonds. The third-order valence-electron chi connectivity index (χ3n) is 4.10. The Hall–Kier alpha value is -1.55. The van der Waals surface area contributed by atoms with E-state index in [9.17, 15) is 4.79 Å². The second-order valence-corrected chi connectivity index (χ2v) is 10.0. The Labute approximate surface area is 135 Å². The van der Waals surface area contributed by atoms with Gasteiger partial charge in [-0.1, -0.05) is 51.1 Å². The lowest BCUT2D eigenvalue weighted by atomic mass is 10.1. The number of hydrogen-bond acceptors (Lipinski definition) is 3. The Balaban J connectivity index is 2.95. The molecule has 22 heavy (non-hydrogen) atoms. The third-order valence-corrected chi connectivity index (χ3v) is 8.62. The maximum absolute atomic E-state index is 12.2. The van der Waals surface area contributed by atoms with Gasteiger partial charge in [-0.15, -0.1) is 0 Å². The number of esters is 1. The van der Waals surface area contributed by atoms with E-state index in [2.05, 4.69) is 20.8 Å². The summed E-state index contributed by atoms with van der Waals surface area (Å²) < 4.78 is 11.4. The molecule has 1 aromatic rings. The summed E-state index contributed by atoms with van der Waals surface area (Å²) in [6.45, 7) is 8.64. The standard InChI is InChI=1S/C18H28O3Si/c1-5-20-18(19)17(21-22(6-2,7-3)8-4)15-14-16-12-10-9-11-13-16/h9-13,15H,5-8,14H2,1-4H3/b17-15-. The minimum absolute atomic E-state index is 0.342. The van der Waals surface area contributed by atoms with Crippen LogP contribution in [0.1, 0.15) is 33.3 Å². The second kappa shape index (κ2) is 9.46. The molecule has 0 aliphatic carbocycles. The lowest BCUT2D eigenvalue weighted by molar-refractivity contribution is -0.141. The summed E-state index contributed by atoms with van der Waals surface area (Å²) in [5, 5.41) is 0. The molecule has 0 heterocycles. The van der Waals surface area contributed by atoms with Crippen LogP contribution < -0.4 is 0 Å². The van der Waals surface area contributed by atoms with E-state index in [1.54, 1.807) is 0 Å². The van der Waals surface area contributed by atoms with Gasteiger partial charge in [0.1, 0.15) is 0 Å². The Morgan fingerprint density at radius 1 is 1.05 bits per heavy atom. The Bertz CT molecular complexity index is 470. The fourth-order valence-electron chi connectivity index (χ4n) is 2.39. The van der Waals surface area contributed by atoms with Gasteiger partial charge < -0.3 is 9.16 Å². The van der Waals surface area contributed by atoms with E-state index in [0.29, 0.717) is 18.8 Å². The van der Waals surface area contributed by atoms with Gasteiger partial charge in [0.15, 0.2) is 5.76 Å². The van der Waals surface area contributed by atoms with E-state index >= 15 is 0 Å². The smallest absolute Gasteiger partial charge is 0.371 e. The molecule has 0 unspecified atom stereocenters. The molecular formula is C18H28O3Si. The van der Waals surface area contributed by atoms with Crippen LogP contribution in [0.5, 0.6) is 0 Å². The fourth-order valence-corrected chi connectivity index (χ4v) is 4.96. The van der Waals surface area contributed by atoms with Crippen molar-refractivity contribution in [1.29, 1.82) is 0 Å². The minimum Gasteiger partial charge on any atom is -0.539 e. The molecule has 0 atom stereocenters. The highest BCUT2D eigenvalue weighted by atomic mass is 28.4. The van der Waals surface area contributed by atoms with Crippen molar-refractivity contribution < 1.29 is 14.0 Å². The average Bonchev–Trinajstić information content (AvgIpc) is 2.57. The summed E-state index contributed by atoms with van der Waals surface area (Å²) in [6, 6.07) is 13.1. The third kappa shape index (κ3) is 5.33. The van der Waals surface area contributed by atoms with Crippen molar-refractivity contribution in [2.24, 2.45) is 0 Å². The number of rotatable bonds is 9. The summed E-state index contributed by atoms with van der Waals surface area (Å²) in [5.41, 5.74) is 1.16. The van der Waals surface area contributed by atoms with Crippen molar-refractivity contribution >= 4 is 14.3 Å². The van der Waals surface area contributed by atoms with Crippen molar-refractivity contribution in [1.82, 2.24) is 0 Å². The predicted octanol–water partition coefficient (Wildman–Crippen LogP) is 4.70. The lowest BCUT2D eigenvalue weighted by Gasteiger charge is -2.29. The molecule has 0 N–H and O–H groups in total. The van der Waals surface area contributed by atoms with Crippen LogP contribution in [0.15, 0.2) is 42.2 Å². The maximum Gasteiger partial charge on any atom is 0.371 e. The topological polar surface area (TPSA) is 35.5 Å². The van der Waals surface area contributed by atoms with E-state index in [1.165, 1.54) is 0 Å². The van der Waals surface area contributed by atoms with Crippen LogP contribution in [0.25, 0.3) is 0 Å². The monoisotopic (exact) mass is 320 g/mol. The van der Waals surface area contributed by atoms with Crippen molar-refractivity contribution in [3.63, 3.8) is 0 Å². The summed E-state index contributed by atoms with van der Waals surface area (Å²) in [7, 11) is -1.88. The first-order valence-electron chi connectivity index (χ1n) is 8.21. The Morgan fingerprint density at radius 3 is 2.14 bits per heavy atom. The van der Waals surface area contributed by atoms with E-state index in [-0.39, 0.29) is 5.97 Å². The van der Waals surface area contributed by atoms with Crippen molar-refractivity contribution in [3.05, 3.63) is 47.7 Å². The lowest BCUT2D eigenvalue weighted by Crippen LogP contribution is -2.37. The first-order chi connectivity index (χ1) is 10.6. The molecule has 0 aliphatic heterocycles. The number of hydrogen-bond donors (Lipinski definition) is 0. The molecule has 0 aliphatic rings. The van der Waals surface area contributed by atoms with Gasteiger partial charge in [-0.05, 0) is 43.1 Å². The van der Waals surface area contributed by atoms with E-state index in [0.717, 1.165) is 23.7 Å². The zero-order chi connectivity index (χ0) is 16.4. The van der Waals surface area contributed by atoms with Gasteiger partial charge in [-0.2, -0.15) is 0 Å². The summed E-state index contributed by atoms with van der Waals surface area (Å²) >= 11 is 0. The molecule has 1 aromatic carbocycles. The van der Waals surface area contributed by atoms with Crippen LogP contribution in [0, 0.1) is 0 Å². The van der Waals surface area contributed by atoms with E-state index in [1.807, 2.05) is 43.3 Å². The normalized spacial score (nSPS) is 12.1. The highest BCUT2D eigenvalue weighted by Gasteiger charge is 2.33. The number of benzene rings is 1. The highest BCUT2D eigenvalue weighted by Crippen LogP contribution is 2.25. The van der Waals surface area contributed by atoms with Crippen LogP contribution in [-0.4, -0.2) is 20.9 Å². The average molecular weight is 321 g/mol. The summed E-state index contributed by atoms with van der Waals surface area (Å²) in [4.78, 5) is 12.2. The van der Waals surface area contributed by atoms with Gasteiger partial charge >= 0.3 is 5.97 Å². The molecule has 0 saturated heterocycles. The molecule has 0 saturated carbocycles. The Morgan fingerprint density at radius 2 is 1.64 bits per heavy atom. The zero-order valence-electron chi connectivity index (χ0n) is 14.2. The first kappa shape index (κ1) is 18.5. The van der Waals surface area contributed by atoms with Crippen LogP contribution in [0.4, 0.5) is 0 Å².